The van der Waals surface area contributed by atoms with E-state index in [0.717, 1.165) is 10.4 Å². The minimum Gasteiger partial charge on any atom is -0.485 e. The molecular formula is C22H17N3O4S. The van der Waals surface area contributed by atoms with Gasteiger partial charge in [-0.05, 0) is 35.2 Å². The number of benzene rings is 2. The summed E-state index contributed by atoms with van der Waals surface area (Å²) in [6, 6.07) is 18.7. The first-order valence-electron chi connectivity index (χ1n) is 9.40. The Kier molecular flexibility index (Phi) is 4.90. The minimum atomic E-state index is -0.734. The van der Waals surface area contributed by atoms with Gasteiger partial charge in [0.15, 0.2) is 11.5 Å². The molecule has 0 saturated carbocycles. The van der Waals surface area contributed by atoms with Crippen LogP contribution in [0.5, 0.6) is 11.5 Å². The first-order valence-corrected chi connectivity index (χ1v) is 10.3. The van der Waals surface area contributed by atoms with Gasteiger partial charge in [0.25, 0.3) is 5.91 Å². The van der Waals surface area contributed by atoms with E-state index in [0.29, 0.717) is 35.3 Å². The van der Waals surface area contributed by atoms with Crippen molar-refractivity contribution in [1.82, 2.24) is 10.1 Å². The summed E-state index contributed by atoms with van der Waals surface area (Å²) in [6.45, 7) is 0.152. The van der Waals surface area contributed by atoms with Crippen LogP contribution in [0.25, 0.3) is 10.7 Å². The molecule has 0 saturated heterocycles. The SMILES string of the molecule is O=C(Nc1ccccc1Cc1nc(-c2cccs2)no1)C1COc2ccccc2O1. The van der Waals surface area contributed by atoms with Crippen LogP contribution < -0.4 is 14.8 Å². The van der Waals surface area contributed by atoms with Crippen molar-refractivity contribution in [3.05, 3.63) is 77.5 Å². The third kappa shape index (κ3) is 3.77. The third-order valence-corrected chi connectivity index (χ3v) is 5.49. The predicted octanol–water partition coefficient (Wildman–Crippen LogP) is 4.17. The normalized spacial score (nSPS) is 15.0. The number of para-hydroxylation sites is 3. The second-order valence-electron chi connectivity index (χ2n) is 6.68. The van der Waals surface area contributed by atoms with Gasteiger partial charge in [-0.2, -0.15) is 4.98 Å². The Labute approximate surface area is 176 Å². The molecular weight excluding hydrogens is 402 g/mol. The molecule has 150 valence electrons. The average molecular weight is 419 g/mol. The molecule has 1 unspecified atom stereocenters. The smallest absolute Gasteiger partial charge is 0.269 e. The van der Waals surface area contributed by atoms with Crippen molar-refractivity contribution in [3.8, 4) is 22.2 Å². The van der Waals surface area contributed by atoms with Crippen LogP contribution in [-0.4, -0.2) is 28.8 Å². The van der Waals surface area contributed by atoms with Crippen LogP contribution in [0.1, 0.15) is 11.5 Å². The van der Waals surface area contributed by atoms with Gasteiger partial charge in [-0.25, -0.2) is 0 Å². The van der Waals surface area contributed by atoms with E-state index in [-0.39, 0.29) is 12.5 Å². The largest absolute Gasteiger partial charge is 0.485 e. The van der Waals surface area contributed by atoms with Gasteiger partial charge in [0.2, 0.25) is 17.8 Å². The topological polar surface area (TPSA) is 86.5 Å². The Bertz CT molecular complexity index is 1170. The van der Waals surface area contributed by atoms with Gasteiger partial charge in [-0.15, -0.1) is 11.3 Å². The predicted molar refractivity (Wildman–Crippen MR) is 112 cm³/mol. The molecule has 1 aliphatic heterocycles. The summed E-state index contributed by atoms with van der Waals surface area (Å²) in [7, 11) is 0. The molecule has 0 radical (unpaired) electrons. The van der Waals surface area contributed by atoms with Crippen molar-refractivity contribution in [3.63, 3.8) is 0 Å². The van der Waals surface area contributed by atoms with E-state index in [4.69, 9.17) is 14.0 Å². The number of hydrogen-bond donors (Lipinski definition) is 1. The lowest BCUT2D eigenvalue weighted by atomic mass is 10.1. The maximum Gasteiger partial charge on any atom is 0.269 e. The van der Waals surface area contributed by atoms with Crippen molar-refractivity contribution < 1.29 is 18.8 Å². The molecule has 8 heteroatoms. The fourth-order valence-electron chi connectivity index (χ4n) is 3.15. The number of rotatable bonds is 5. The zero-order valence-electron chi connectivity index (χ0n) is 15.8. The third-order valence-electron chi connectivity index (χ3n) is 4.63. The van der Waals surface area contributed by atoms with Crippen LogP contribution in [0.3, 0.4) is 0 Å². The molecule has 0 spiro atoms. The van der Waals surface area contributed by atoms with Gasteiger partial charge in [0.1, 0.15) is 6.61 Å². The van der Waals surface area contributed by atoms with E-state index >= 15 is 0 Å². The van der Waals surface area contributed by atoms with Gasteiger partial charge >= 0.3 is 0 Å². The van der Waals surface area contributed by atoms with E-state index in [9.17, 15) is 4.79 Å². The second kappa shape index (κ2) is 8.00. The molecule has 1 amide bonds. The molecule has 1 N–H and O–H groups in total. The standard InChI is InChI=1S/C22H17N3O4S/c26-22(18-13-27-16-8-3-4-9-17(16)28-18)23-15-7-2-1-6-14(15)12-20-24-21(25-29-20)19-10-5-11-30-19/h1-11,18H,12-13H2,(H,23,26). The van der Waals surface area contributed by atoms with Crippen LogP contribution in [-0.2, 0) is 11.2 Å². The molecule has 1 aliphatic rings. The molecule has 1 atom stereocenters. The highest BCUT2D eigenvalue weighted by molar-refractivity contribution is 7.13. The summed E-state index contributed by atoms with van der Waals surface area (Å²) in [5.74, 6) is 1.96. The van der Waals surface area contributed by atoms with E-state index < -0.39 is 6.10 Å². The van der Waals surface area contributed by atoms with Crippen LogP contribution in [0, 0.1) is 0 Å². The number of aromatic nitrogens is 2. The van der Waals surface area contributed by atoms with Crippen molar-refractivity contribution in [2.75, 3.05) is 11.9 Å². The average Bonchev–Trinajstić information content (AvgIpc) is 3.47. The number of amides is 1. The molecule has 2 aromatic heterocycles. The number of anilines is 1. The molecule has 0 fully saturated rings. The lowest BCUT2D eigenvalue weighted by Crippen LogP contribution is -2.40. The van der Waals surface area contributed by atoms with E-state index in [1.54, 1.807) is 17.4 Å². The Morgan fingerprint density at radius 2 is 1.90 bits per heavy atom. The highest BCUT2D eigenvalue weighted by atomic mass is 32.1. The number of thiophene rings is 1. The van der Waals surface area contributed by atoms with Crippen LogP contribution in [0.4, 0.5) is 5.69 Å². The zero-order valence-corrected chi connectivity index (χ0v) is 16.6. The summed E-state index contributed by atoms with van der Waals surface area (Å²) in [5, 5.41) is 8.94. The quantitative estimate of drug-likeness (QED) is 0.523. The maximum absolute atomic E-state index is 12.8. The van der Waals surface area contributed by atoms with E-state index in [2.05, 4.69) is 15.5 Å². The summed E-state index contributed by atoms with van der Waals surface area (Å²) in [6.07, 6.45) is -0.332. The highest BCUT2D eigenvalue weighted by Gasteiger charge is 2.27. The lowest BCUT2D eigenvalue weighted by molar-refractivity contribution is -0.125. The molecule has 30 heavy (non-hydrogen) atoms. The molecule has 0 bridgehead atoms. The Morgan fingerprint density at radius 1 is 1.07 bits per heavy atom. The number of nitrogens with zero attached hydrogens (tertiary/aromatic N) is 2. The molecule has 2 aromatic carbocycles. The summed E-state index contributed by atoms with van der Waals surface area (Å²) in [4.78, 5) is 18.2. The van der Waals surface area contributed by atoms with Gasteiger partial charge in [0, 0.05) is 5.69 Å². The van der Waals surface area contributed by atoms with Gasteiger partial charge in [0.05, 0.1) is 11.3 Å². The molecule has 5 rings (SSSR count). The molecule has 4 aromatic rings. The number of fused-ring (bicyclic) bond motifs is 1. The molecule has 7 nitrogen and oxygen atoms in total. The monoisotopic (exact) mass is 419 g/mol. The maximum atomic E-state index is 12.8. The van der Waals surface area contributed by atoms with E-state index in [1.165, 1.54) is 0 Å². The number of carbonyl (C=O) groups is 1. The van der Waals surface area contributed by atoms with E-state index in [1.807, 2.05) is 60.0 Å². The molecule has 3 heterocycles. The van der Waals surface area contributed by atoms with Crippen LogP contribution >= 0.6 is 11.3 Å². The second-order valence-corrected chi connectivity index (χ2v) is 7.62. The minimum absolute atomic E-state index is 0.152. The lowest BCUT2D eigenvalue weighted by Gasteiger charge is -2.25. The summed E-state index contributed by atoms with van der Waals surface area (Å²) < 4.78 is 16.8. The Morgan fingerprint density at radius 3 is 2.77 bits per heavy atom. The Balaban J connectivity index is 1.30. The fraction of sp³-hybridized carbons (Fsp3) is 0.136. The van der Waals surface area contributed by atoms with Gasteiger partial charge in [-0.1, -0.05) is 41.6 Å². The first kappa shape index (κ1) is 18.4. The fourth-order valence-corrected chi connectivity index (χ4v) is 3.80. The van der Waals surface area contributed by atoms with Gasteiger partial charge < -0.3 is 19.3 Å². The van der Waals surface area contributed by atoms with Crippen LogP contribution in [0.2, 0.25) is 0 Å². The summed E-state index contributed by atoms with van der Waals surface area (Å²) >= 11 is 1.55. The van der Waals surface area contributed by atoms with Crippen molar-refractivity contribution in [2.45, 2.75) is 12.5 Å². The van der Waals surface area contributed by atoms with Crippen LogP contribution in [0.15, 0.2) is 70.6 Å². The highest BCUT2D eigenvalue weighted by Crippen LogP contribution is 2.31. The van der Waals surface area contributed by atoms with Crippen molar-refractivity contribution in [1.29, 1.82) is 0 Å². The Hall–Kier alpha value is -3.65. The number of ether oxygens (including phenoxy) is 2. The zero-order chi connectivity index (χ0) is 20.3. The number of hydrogen-bond acceptors (Lipinski definition) is 7. The van der Waals surface area contributed by atoms with Gasteiger partial charge in [-0.3, -0.25) is 4.79 Å². The number of carbonyl (C=O) groups excluding carboxylic acids is 1. The first-order chi connectivity index (χ1) is 14.8. The van der Waals surface area contributed by atoms with Crippen molar-refractivity contribution >= 4 is 22.9 Å². The molecule has 0 aliphatic carbocycles. The summed E-state index contributed by atoms with van der Waals surface area (Å²) in [5.41, 5.74) is 1.53. The van der Waals surface area contributed by atoms with Crippen molar-refractivity contribution in [2.24, 2.45) is 0 Å². The number of nitrogens with one attached hydrogen (secondary N) is 1.